The predicted octanol–water partition coefficient (Wildman–Crippen LogP) is 1.81. The number of hydrogen-bond donors (Lipinski definition) is 0. The number of ether oxygens (including phenoxy) is 1. The molecule has 0 radical (unpaired) electrons. The lowest BCUT2D eigenvalue weighted by molar-refractivity contribution is -0.153. The molecule has 3 atom stereocenters. The molecule has 3 fully saturated rings. The average Bonchev–Trinajstić information content (AvgIpc) is 3.50. The number of aromatic nitrogens is 2. The number of likely N-dealkylation sites (tertiary alicyclic amines) is 1. The summed E-state index contributed by atoms with van der Waals surface area (Å²) >= 11 is 0. The van der Waals surface area contributed by atoms with Crippen LogP contribution in [0, 0.1) is 13.8 Å². The van der Waals surface area contributed by atoms with Gasteiger partial charge in [0.05, 0.1) is 44.3 Å². The molecule has 0 aliphatic carbocycles. The minimum Gasteiger partial charge on any atom is -0.378 e. The number of piperazine rings is 1. The zero-order valence-corrected chi connectivity index (χ0v) is 19.1. The van der Waals surface area contributed by atoms with Crippen molar-refractivity contribution in [2.45, 2.75) is 57.8 Å². The Hall–Kier alpha value is -2.29. The molecular weight excluding hydrogens is 406 g/mol. The summed E-state index contributed by atoms with van der Waals surface area (Å²) in [6, 6.07) is 6.83. The lowest BCUT2D eigenvalue weighted by atomic mass is 9.90. The number of fused-ring (bicyclic) bond motifs is 1. The van der Waals surface area contributed by atoms with Crippen LogP contribution in [0.2, 0.25) is 0 Å². The first kappa shape index (κ1) is 21.6. The number of carbonyl (C=O) groups is 1. The van der Waals surface area contributed by atoms with Gasteiger partial charge in [0.25, 0.3) is 0 Å². The van der Waals surface area contributed by atoms with Crippen LogP contribution in [0.25, 0.3) is 0 Å². The van der Waals surface area contributed by atoms with E-state index in [1.165, 1.54) is 30.4 Å². The fraction of sp³-hybridized carbons (Fsp3) is 0.625. The lowest BCUT2D eigenvalue weighted by Crippen LogP contribution is -2.71. The van der Waals surface area contributed by atoms with E-state index in [1.807, 2.05) is 0 Å². The molecule has 5 rings (SSSR count). The standard InChI is InChI=1S/C24H33N5O3/c1-17-5-6-19(11-18(17)2)12-23(30)29-10-9-28(13-22-25-16-32-26-22)21-15-31-14-20(24(21)29)27-7-3-4-8-27/h5-6,11,16,20-21,24H,3-4,7-10,12-15H2,1-2H3/t20-,21+,24?/m0/s1. The first-order valence-corrected chi connectivity index (χ1v) is 11.8. The van der Waals surface area contributed by atoms with Crippen molar-refractivity contribution in [2.75, 3.05) is 39.4 Å². The highest BCUT2D eigenvalue weighted by atomic mass is 16.5. The third-order valence-corrected chi connectivity index (χ3v) is 7.43. The maximum absolute atomic E-state index is 13.6. The van der Waals surface area contributed by atoms with Gasteiger partial charge in [-0.3, -0.25) is 14.6 Å². The molecule has 0 saturated carbocycles. The molecule has 1 amide bonds. The molecule has 3 aliphatic rings. The number of benzene rings is 1. The largest absolute Gasteiger partial charge is 0.378 e. The predicted molar refractivity (Wildman–Crippen MR) is 119 cm³/mol. The Morgan fingerprint density at radius 2 is 1.88 bits per heavy atom. The van der Waals surface area contributed by atoms with E-state index < -0.39 is 0 Å². The van der Waals surface area contributed by atoms with Gasteiger partial charge < -0.3 is 14.2 Å². The van der Waals surface area contributed by atoms with Crippen molar-refractivity contribution in [3.63, 3.8) is 0 Å². The first-order valence-electron chi connectivity index (χ1n) is 11.8. The fourth-order valence-electron chi connectivity index (χ4n) is 5.57. The van der Waals surface area contributed by atoms with Gasteiger partial charge in [-0.25, -0.2) is 0 Å². The highest BCUT2D eigenvalue weighted by molar-refractivity contribution is 5.79. The topological polar surface area (TPSA) is 74.9 Å². The van der Waals surface area contributed by atoms with Crippen LogP contribution in [0.1, 0.15) is 35.4 Å². The summed E-state index contributed by atoms with van der Waals surface area (Å²) in [5.41, 5.74) is 3.59. The van der Waals surface area contributed by atoms with E-state index in [0.29, 0.717) is 38.5 Å². The highest BCUT2D eigenvalue weighted by Gasteiger charge is 2.48. The molecule has 0 N–H and O–H groups in total. The molecular formula is C24H33N5O3. The Morgan fingerprint density at radius 1 is 1.06 bits per heavy atom. The van der Waals surface area contributed by atoms with Gasteiger partial charge in [-0.1, -0.05) is 23.4 Å². The van der Waals surface area contributed by atoms with E-state index in [-0.39, 0.29) is 24.0 Å². The maximum Gasteiger partial charge on any atom is 0.227 e. The number of rotatable bonds is 5. The third-order valence-electron chi connectivity index (χ3n) is 7.43. The molecule has 1 unspecified atom stereocenters. The summed E-state index contributed by atoms with van der Waals surface area (Å²) in [6.45, 7) is 9.81. The van der Waals surface area contributed by atoms with E-state index >= 15 is 0 Å². The van der Waals surface area contributed by atoms with Gasteiger partial charge in [-0.2, -0.15) is 4.98 Å². The average molecular weight is 440 g/mol. The van der Waals surface area contributed by atoms with Crippen LogP contribution >= 0.6 is 0 Å². The second kappa shape index (κ2) is 9.29. The van der Waals surface area contributed by atoms with Gasteiger partial charge in [-0.05, 0) is 56.5 Å². The molecule has 1 aromatic heterocycles. The van der Waals surface area contributed by atoms with Crippen molar-refractivity contribution in [1.29, 1.82) is 0 Å². The molecule has 8 heteroatoms. The quantitative estimate of drug-likeness (QED) is 0.703. The molecule has 32 heavy (non-hydrogen) atoms. The molecule has 8 nitrogen and oxygen atoms in total. The van der Waals surface area contributed by atoms with Crippen LogP contribution in [-0.2, 0) is 22.5 Å². The molecule has 2 aromatic rings. The SMILES string of the molecule is Cc1ccc(CC(=O)N2CCN(Cc3ncon3)[C@@H]3COC[C@H](N4CCCC4)C32)cc1C. The Balaban J connectivity index is 1.39. The van der Waals surface area contributed by atoms with Crippen molar-refractivity contribution in [3.05, 3.63) is 47.1 Å². The maximum atomic E-state index is 13.6. The Labute approximate surface area is 189 Å². The second-order valence-electron chi connectivity index (χ2n) is 9.41. The van der Waals surface area contributed by atoms with E-state index in [0.717, 1.165) is 25.2 Å². The molecule has 0 spiro atoms. The number of nitrogens with zero attached hydrogens (tertiary/aromatic N) is 5. The third kappa shape index (κ3) is 4.31. The highest BCUT2D eigenvalue weighted by Crippen LogP contribution is 2.30. The number of amides is 1. The van der Waals surface area contributed by atoms with Crippen LogP contribution in [0.5, 0.6) is 0 Å². The molecule has 0 bridgehead atoms. The van der Waals surface area contributed by atoms with Gasteiger partial charge in [0.2, 0.25) is 12.3 Å². The summed E-state index contributed by atoms with van der Waals surface area (Å²) < 4.78 is 11.0. The fourth-order valence-corrected chi connectivity index (χ4v) is 5.57. The lowest BCUT2D eigenvalue weighted by Gasteiger charge is -2.54. The monoisotopic (exact) mass is 439 g/mol. The van der Waals surface area contributed by atoms with Crippen molar-refractivity contribution in [2.24, 2.45) is 0 Å². The Kier molecular flexibility index (Phi) is 6.26. The van der Waals surface area contributed by atoms with Crippen LogP contribution < -0.4 is 0 Å². The van der Waals surface area contributed by atoms with Crippen LogP contribution in [0.4, 0.5) is 0 Å². The van der Waals surface area contributed by atoms with Crippen LogP contribution in [0.3, 0.4) is 0 Å². The Morgan fingerprint density at radius 3 is 2.62 bits per heavy atom. The number of aryl methyl sites for hydroxylation is 2. The van der Waals surface area contributed by atoms with Gasteiger partial charge in [-0.15, -0.1) is 0 Å². The Bertz CT molecular complexity index is 928. The molecule has 3 saturated heterocycles. The molecule has 172 valence electrons. The minimum absolute atomic E-state index is 0.113. The van der Waals surface area contributed by atoms with Crippen molar-refractivity contribution >= 4 is 5.91 Å². The summed E-state index contributed by atoms with van der Waals surface area (Å²) in [4.78, 5) is 24.9. The zero-order valence-electron chi connectivity index (χ0n) is 19.1. The summed E-state index contributed by atoms with van der Waals surface area (Å²) in [5.74, 6) is 0.899. The normalized spacial score (nSPS) is 26.9. The summed E-state index contributed by atoms with van der Waals surface area (Å²) in [7, 11) is 0. The van der Waals surface area contributed by atoms with Crippen molar-refractivity contribution in [1.82, 2.24) is 24.8 Å². The number of hydrogen-bond acceptors (Lipinski definition) is 7. The molecule has 1 aromatic carbocycles. The second-order valence-corrected chi connectivity index (χ2v) is 9.41. The molecule has 3 aliphatic heterocycles. The van der Waals surface area contributed by atoms with Crippen LogP contribution in [-0.4, -0.2) is 88.3 Å². The summed E-state index contributed by atoms with van der Waals surface area (Å²) in [6.07, 6.45) is 4.26. The van der Waals surface area contributed by atoms with E-state index in [9.17, 15) is 4.79 Å². The van der Waals surface area contributed by atoms with Crippen molar-refractivity contribution < 1.29 is 14.1 Å². The zero-order chi connectivity index (χ0) is 22.1. The smallest absolute Gasteiger partial charge is 0.227 e. The van der Waals surface area contributed by atoms with Crippen LogP contribution in [0.15, 0.2) is 29.1 Å². The van der Waals surface area contributed by atoms with Gasteiger partial charge in [0.15, 0.2) is 5.82 Å². The van der Waals surface area contributed by atoms with E-state index in [4.69, 9.17) is 9.26 Å². The van der Waals surface area contributed by atoms with Gasteiger partial charge in [0, 0.05) is 13.1 Å². The van der Waals surface area contributed by atoms with E-state index in [1.54, 1.807) is 0 Å². The van der Waals surface area contributed by atoms with Crippen molar-refractivity contribution in [3.8, 4) is 0 Å². The molecule has 4 heterocycles. The minimum atomic E-state index is 0.113. The number of carbonyl (C=O) groups excluding carboxylic acids is 1. The van der Waals surface area contributed by atoms with Gasteiger partial charge >= 0.3 is 0 Å². The van der Waals surface area contributed by atoms with Gasteiger partial charge in [0.1, 0.15) is 0 Å². The van der Waals surface area contributed by atoms with E-state index in [2.05, 4.69) is 56.9 Å². The summed E-state index contributed by atoms with van der Waals surface area (Å²) in [5, 5.41) is 4.01. The first-order chi connectivity index (χ1) is 15.6.